The summed E-state index contributed by atoms with van der Waals surface area (Å²) in [7, 11) is 0. The minimum Gasteiger partial charge on any atom is -0.321 e. The zero-order valence-corrected chi connectivity index (χ0v) is 11.4. The Morgan fingerprint density at radius 2 is 1.95 bits per heavy atom. The zero-order valence-electron chi connectivity index (χ0n) is 10.6. The lowest BCUT2D eigenvalue weighted by atomic mass is 10.1. The van der Waals surface area contributed by atoms with E-state index in [0.717, 1.165) is 16.8 Å². The van der Waals surface area contributed by atoms with E-state index in [0.29, 0.717) is 4.88 Å². The van der Waals surface area contributed by atoms with Gasteiger partial charge >= 0.3 is 0 Å². The third kappa shape index (κ3) is 2.75. The Kier molecular flexibility index (Phi) is 3.56. The summed E-state index contributed by atoms with van der Waals surface area (Å²) in [5, 5.41) is 4.80. The molecule has 1 aromatic carbocycles. The van der Waals surface area contributed by atoms with Gasteiger partial charge in [0.25, 0.3) is 5.91 Å². The van der Waals surface area contributed by atoms with Crippen molar-refractivity contribution >= 4 is 22.9 Å². The Morgan fingerprint density at radius 1 is 1.05 bits per heavy atom. The SMILES string of the molecule is O=C(Nc1cccc(-c2cccnc2)c1)c1cccs1. The molecule has 0 radical (unpaired) electrons. The summed E-state index contributed by atoms with van der Waals surface area (Å²) in [6, 6.07) is 15.3. The van der Waals surface area contributed by atoms with Crippen LogP contribution in [0.4, 0.5) is 5.69 Å². The second kappa shape index (κ2) is 5.67. The monoisotopic (exact) mass is 280 g/mol. The lowest BCUT2D eigenvalue weighted by molar-refractivity contribution is 0.103. The fourth-order valence-corrected chi connectivity index (χ4v) is 2.53. The first-order chi connectivity index (χ1) is 9.83. The third-order valence-corrected chi connectivity index (χ3v) is 3.73. The zero-order chi connectivity index (χ0) is 13.8. The van der Waals surface area contributed by atoms with E-state index in [2.05, 4.69) is 10.3 Å². The van der Waals surface area contributed by atoms with Gasteiger partial charge in [-0.25, -0.2) is 0 Å². The molecule has 0 saturated heterocycles. The topological polar surface area (TPSA) is 42.0 Å². The summed E-state index contributed by atoms with van der Waals surface area (Å²) in [5.74, 6) is -0.0802. The number of pyridine rings is 1. The molecule has 3 rings (SSSR count). The van der Waals surface area contributed by atoms with E-state index in [9.17, 15) is 4.79 Å². The predicted octanol–water partition coefficient (Wildman–Crippen LogP) is 4.06. The average molecular weight is 280 g/mol. The van der Waals surface area contributed by atoms with Crippen molar-refractivity contribution < 1.29 is 4.79 Å². The number of rotatable bonds is 3. The Hall–Kier alpha value is -2.46. The summed E-state index contributed by atoms with van der Waals surface area (Å²) in [5.41, 5.74) is 2.84. The van der Waals surface area contributed by atoms with E-state index in [4.69, 9.17) is 0 Å². The Labute approximate surface area is 120 Å². The van der Waals surface area contributed by atoms with Crippen LogP contribution in [0.25, 0.3) is 11.1 Å². The van der Waals surface area contributed by atoms with Crippen LogP contribution in [-0.2, 0) is 0 Å². The van der Waals surface area contributed by atoms with Crippen LogP contribution < -0.4 is 5.32 Å². The number of amides is 1. The Morgan fingerprint density at radius 3 is 2.70 bits per heavy atom. The molecule has 1 N–H and O–H groups in total. The molecular formula is C16H12N2OS. The molecule has 4 heteroatoms. The van der Waals surface area contributed by atoms with Gasteiger partial charge in [0.2, 0.25) is 0 Å². The highest BCUT2D eigenvalue weighted by Crippen LogP contribution is 2.22. The molecule has 0 saturated carbocycles. The second-order valence-corrected chi connectivity index (χ2v) is 5.20. The molecule has 20 heavy (non-hydrogen) atoms. The van der Waals surface area contributed by atoms with Gasteiger partial charge in [0.15, 0.2) is 0 Å². The van der Waals surface area contributed by atoms with Gasteiger partial charge in [-0.2, -0.15) is 0 Å². The number of aromatic nitrogens is 1. The van der Waals surface area contributed by atoms with Crippen LogP contribution in [-0.4, -0.2) is 10.9 Å². The van der Waals surface area contributed by atoms with Crippen molar-refractivity contribution in [3.63, 3.8) is 0 Å². The number of nitrogens with zero attached hydrogens (tertiary/aromatic N) is 1. The van der Waals surface area contributed by atoms with Crippen molar-refractivity contribution in [2.24, 2.45) is 0 Å². The van der Waals surface area contributed by atoms with Crippen LogP contribution in [0, 0.1) is 0 Å². The summed E-state index contributed by atoms with van der Waals surface area (Å²) < 4.78 is 0. The summed E-state index contributed by atoms with van der Waals surface area (Å²) in [6.45, 7) is 0. The molecule has 0 bridgehead atoms. The number of hydrogen-bond acceptors (Lipinski definition) is 3. The first-order valence-electron chi connectivity index (χ1n) is 6.18. The molecular weight excluding hydrogens is 268 g/mol. The molecule has 3 aromatic rings. The predicted molar refractivity (Wildman–Crippen MR) is 81.9 cm³/mol. The lowest BCUT2D eigenvalue weighted by Crippen LogP contribution is -2.09. The van der Waals surface area contributed by atoms with Crippen LogP contribution in [0.3, 0.4) is 0 Å². The van der Waals surface area contributed by atoms with Crippen molar-refractivity contribution in [3.8, 4) is 11.1 Å². The smallest absolute Gasteiger partial charge is 0.265 e. The quantitative estimate of drug-likeness (QED) is 0.786. The van der Waals surface area contributed by atoms with Gasteiger partial charge in [0.05, 0.1) is 4.88 Å². The lowest BCUT2D eigenvalue weighted by Gasteiger charge is -2.06. The van der Waals surface area contributed by atoms with Crippen LogP contribution >= 0.6 is 11.3 Å². The molecule has 0 atom stereocenters. The molecule has 0 aliphatic rings. The van der Waals surface area contributed by atoms with E-state index in [1.54, 1.807) is 12.4 Å². The van der Waals surface area contributed by atoms with Gasteiger partial charge < -0.3 is 5.32 Å². The molecule has 3 nitrogen and oxygen atoms in total. The summed E-state index contributed by atoms with van der Waals surface area (Å²) in [6.07, 6.45) is 3.55. The number of benzene rings is 1. The van der Waals surface area contributed by atoms with Gasteiger partial charge in [-0.1, -0.05) is 24.3 Å². The first kappa shape index (κ1) is 12.6. The second-order valence-electron chi connectivity index (χ2n) is 4.25. The maximum absolute atomic E-state index is 12.0. The number of nitrogens with one attached hydrogen (secondary N) is 1. The number of hydrogen-bond donors (Lipinski definition) is 1. The van der Waals surface area contributed by atoms with Crippen molar-refractivity contribution in [3.05, 3.63) is 71.2 Å². The van der Waals surface area contributed by atoms with E-state index >= 15 is 0 Å². The molecule has 1 amide bonds. The maximum atomic E-state index is 12.0. The molecule has 2 aromatic heterocycles. The number of thiophene rings is 1. The highest BCUT2D eigenvalue weighted by Gasteiger charge is 2.07. The fourth-order valence-electron chi connectivity index (χ4n) is 1.91. The molecule has 0 unspecified atom stereocenters. The van der Waals surface area contributed by atoms with E-state index in [1.165, 1.54) is 11.3 Å². The molecule has 0 aliphatic heterocycles. The maximum Gasteiger partial charge on any atom is 0.265 e. The highest BCUT2D eigenvalue weighted by atomic mass is 32.1. The van der Waals surface area contributed by atoms with Gasteiger partial charge in [-0.15, -0.1) is 11.3 Å². The van der Waals surface area contributed by atoms with Crippen molar-refractivity contribution in [2.75, 3.05) is 5.32 Å². The fraction of sp³-hybridized carbons (Fsp3) is 0. The van der Waals surface area contributed by atoms with Crippen molar-refractivity contribution in [1.82, 2.24) is 4.98 Å². The summed E-state index contributed by atoms with van der Waals surface area (Å²) in [4.78, 5) is 16.8. The van der Waals surface area contributed by atoms with Crippen molar-refractivity contribution in [2.45, 2.75) is 0 Å². The van der Waals surface area contributed by atoms with E-state index < -0.39 is 0 Å². The van der Waals surface area contributed by atoms with Gasteiger partial charge in [0, 0.05) is 23.6 Å². The molecule has 0 spiro atoms. The van der Waals surface area contributed by atoms with Gasteiger partial charge in [0.1, 0.15) is 0 Å². The average Bonchev–Trinajstić information content (AvgIpc) is 3.03. The van der Waals surface area contributed by atoms with E-state index in [-0.39, 0.29) is 5.91 Å². The number of anilines is 1. The van der Waals surface area contributed by atoms with E-state index in [1.807, 2.05) is 53.9 Å². The normalized spacial score (nSPS) is 10.2. The number of carbonyl (C=O) groups excluding carboxylic acids is 1. The minimum atomic E-state index is -0.0802. The van der Waals surface area contributed by atoms with Crippen LogP contribution in [0.5, 0.6) is 0 Å². The van der Waals surface area contributed by atoms with Crippen LogP contribution in [0.2, 0.25) is 0 Å². The van der Waals surface area contributed by atoms with Crippen molar-refractivity contribution in [1.29, 1.82) is 0 Å². The molecule has 0 fully saturated rings. The molecule has 2 heterocycles. The first-order valence-corrected chi connectivity index (χ1v) is 7.06. The Balaban J connectivity index is 1.83. The highest BCUT2D eigenvalue weighted by molar-refractivity contribution is 7.12. The van der Waals surface area contributed by atoms with Gasteiger partial charge in [-0.05, 0) is 35.2 Å². The minimum absolute atomic E-state index is 0.0802. The number of carbonyl (C=O) groups is 1. The molecule has 0 aliphatic carbocycles. The summed E-state index contributed by atoms with van der Waals surface area (Å²) >= 11 is 1.43. The van der Waals surface area contributed by atoms with Crippen LogP contribution in [0.1, 0.15) is 9.67 Å². The Bertz CT molecular complexity index is 708. The van der Waals surface area contributed by atoms with Crippen LogP contribution in [0.15, 0.2) is 66.3 Å². The standard InChI is InChI=1S/C16H12N2OS/c19-16(15-7-3-9-20-15)18-14-6-1-4-12(10-14)13-5-2-8-17-11-13/h1-11H,(H,18,19). The third-order valence-electron chi connectivity index (χ3n) is 2.86. The largest absolute Gasteiger partial charge is 0.321 e. The van der Waals surface area contributed by atoms with Gasteiger partial charge in [-0.3, -0.25) is 9.78 Å². The molecule has 98 valence electrons.